The minimum atomic E-state index is 0.539. The van der Waals surface area contributed by atoms with E-state index in [1.165, 1.54) is 0 Å². The second kappa shape index (κ2) is 5.20. The molecule has 0 saturated carbocycles. The number of halogens is 1. The number of aromatic nitrogens is 1. The Morgan fingerprint density at radius 1 is 1.54 bits per heavy atom. The maximum Gasteiger partial charge on any atom is 0.0589 e. The molecule has 2 nitrogen and oxygen atoms in total. The lowest BCUT2D eigenvalue weighted by atomic mass is 10.2. The average Bonchev–Trinajstić information content (AvgIpc) is 2.16. The van der Waals surface area contributed by atoms with Crippen molar-refractivity contribution in [2.24, 2.45) is 0 Å². The predicted octanol–water partition coefficient (Wildman–Crippen LogP) is 2.62. The van der Waals surface area contributed by atoms with Crippen molar-refractivity contribution >= 4 is 11.6 Å². The summed E-state index contributed by atoms with van der Waals surface area (Å²) in [6.45, 7) is 5.13. The highest BCUT2D eigenvalue weighted by molar-refractivity contribution is 6.30. The minimum Gasteiger partial charge on any atom is -0.309 e. The Labute approximate surface area is 84.3 Å². The molecule has 1 N–H and O–H groups in total. The van der Waals surface area contributed by atoms with E-state index in [1.807, 2.05) is 12.1 Å². The monoisotopic (exact) mass is 198 g/mol. The van der Waals surface area contributed by atoms with Gasteiger partial charge in [-0.1, -0.05) is 18.5 Å². The van der Waals surface area contributed by atoms with Gasteiger partial charge in [0.25, 0.3) is 0 Å². The number of hydrogen-bond donors (Lipinski definition) is 1. The molecule has 0 radical (unpaired) electrons. The van der Waals surface area contributed by atoms with Gasteiger partial charge in [-0.3, -0.25) is 4.98 Å². The van der Waals surface area contributed by atoms with Crippen molar-refractivity contribution < 1.29 is 0 Å². The van der Waals surface area contributed by atoms with E-state index in [1.54, 1.807) is 6.20 Å². The molecule has 1 unspecified atom stereocenters. The molecule has 1 aromatic rings. The minimum absolute atomic E-state index is 0.539. The Bertz CT molecular complexity index is 246. The molecule has 1 atom stereocenters. The van der Waals surface area contributed by atoms with Crippen LogP contribution in [-0.4, -0.2) is 11.0 Å². The van der Waals surface area contributed by atoms with Crippen LogP contribution in [0.3, 0.4) is 0 Å². The average molecular weight is 199 g/mol. The van der Waals surface area contributed by atoms with E-state index in [2.05, 4.69) is 24.1 Å². The second-order valence-electron chi connectivity index (χ2n) is 3.16. The lowest BCUT2D eigenvalue weighted by Crippen LogP contribution is -2.24. The summed E-state index contributed by atoms with van der Waals surface area (Å²) in [6.07, 6.45) is 2.81. The maximum absolute atomic E-state index is 5.72. The van der Waals surface area contributed by atoms with E-state index in [9.17, 15) is 0 Å². The highest BCUT2D eigenvalue weighted by Gasteiger charge is 1.98. The van der Waals surface area contributed by atoms with E-state index in [-0.39, 0.29) is 0 Å². The molecule has 0 saturated heterocycles. The zero-order valence-corrected chi connectivity index (χ0v) is 8.80. The van der Waals surface area contributed by atoms with Crippen molar-refractivity contribution in [1.82, 2.24) is 10.3 Å². The Morgan fingerprint density at radius 2 is 2.31 bits per heavy atom. The molecule has 0 aliphatic carbocycles. The van der Waals surface area contributed by atoms with Crippen molar-refractivity contribution in [3.05, 3.63) is 29.0 Å². The van der Waals surface area contributed by atoms with Crippen LogP contribution < -0.4 is 5.32 Å². The van der Waals surface area contributed by atoms with Crippen molar-refractivity contribution in [1.29, 1.82) is 0 Å². The standard InChI is InChI=1S/C10H15ClN2/c1-3-8(2)12-7-10-5-4-9(11)6-13-10/h4-6,8,12H,3,7H2,1-2H3. The summed E-state index contributed by atoms with van der Waals surface area (Å²) in [4.78, 5) is 4.19. The van der Waals surface area contributed by atoms with Crippen LogP contribution in [0.25, 0.3) is 0 Å². The first kappa shape index (κ1) is 10.5. The van der Waals surface area contributed by atoms with E-state index in [0.717, 1.165) is 18.7 Å². The molecule has 72 valence electrons. The number of rotatable bonds is 4. The van der Waals surface area contributed by atoms with Gasteiger partial charge in [0.15, 0.2) is 0 Å². The van der Waals surface area contributed by atoms with Crippen LogP contribution in [0.4, 0.5) is 0 Å². The fourth-order valence-electron chi connectivity index (χ4n) is 0.934. The number of nitrogens with zero attached hydrogens (tertiary/aromatic N) is 1. The number of pyridine rings is 1. The first-order valence-electron chi connectivity index (χ1n) is 4.56. The Hall–Kier alpha value is -0.600. The van der Waals surface area contributed by atoms with Crippen LogP contribution in [0, 0.1) is 0 Å². The van der Waals surface area contributed by atoms with Gasteiger partial charge in [0.05, 0.1) is 10.7 Å². The third-order valence-electron chi connectivity index (χ3n) is 2.03. The maximum atomic E-state index is 5.72. The fraction of sp³-hybridized carbons (Fsp3) is 0.500. The van der Waals surface area contributed by atoms with E-state index in [4.69, 9.17) is 11.6 Å². The zero-order chi connectivity index (χ0) is 9.68. The molecular weight excluding hydrogens is 184 g/mol. The van der Waals surface area contributed by atoms with E-state index >= 15 is 0 Å². The Balaban J connectivity index is 2.41. The van der Waals surface area contributed by atoms with Gasteiger partial charge in [-0.2, -0.15) is 0 Å². The van der Waals surface area contributed by atoms with Crippen LogP contribution in [0.5, 0.6) is 0 Å². The normalized spacial score (nSPS) is 12.8. The summed E-state index contributed by atoms with van der Waals surface area (Å²) in [5.74, 6) is 0. The Morgan fingerprint density at radius 3 is 2.85 bits per heavy atom. The quantitative estimate of drug-likeness (QED) is 0.805. The van der Waals surface area contributed by atoms with E-state index in [0.29, 0.717) is 11.1 Å². The molecule has 0 aliphatic heterocycles. The molecular formula is C10H15ClN2. The summed E-state index contributed by atoms with van der Waals surface area (Å²) in [6, 6.07) is 4.34. The van der Waals surface area contributed by atoms with Gasteiger partial charge in [0.1, 0.15) is 0 Å². The number of nitrogens with one attached hydrogen (secondary N) is 1. The molecule has 0 aromatic carbocycles. The largest absolute Gasteiger partial charge is 0.309 e. The topological polar surface area (TPSA) is 24.9 Å². The molecule has 0 bridgehead atoms. The molecule has 1 heterocycles. The molecule has 0 spiro atoms. The van der Waals surface area contributed by atoms with Gasteiger partial charge in [-0.15, -0.1) is 0 Å². The SMILES string of the molecule is CCC(C)NCc1ccc(Cl)cn1. The molecule has 1 aromatic heterocycles. The van der Waals surface area contributed by atoms with Crippen LogP contribution in [0.1, 0.15) is 26.0 Å². The number of hydrogen-bond acceptors (Lipinski definition) is 2. The first-order valence-corrected chi connectivity index (χ1v) is 4.94. The predicted molar refractivity (Wildman–Crippen MR) is 55.8 cm³/mol. The lowest BCUT2D eigenvalue weighted by Gasteiger charge is -2.10. The van der Waals surface area contributed by atoms with Gasteiger partial charge >= 0.3 is 0 Å². The van der Waals surface area contributed by atoms with Gasteiger partial charge < -0.3 is 5.32 Å². The van der Waals surface area contributed by atoms with Crippen LogP contribution in [-0.2, 0) is 6.54 Å². The van der Waals surface area contributed by atoms with Crippen molar-refractivity contribution in [2.75, 3.05) is 0 Å². The molecule has 1 rings (SSSR count). The smallest absolute Gasteiger partial charge is 0.0589 e. The first-order chi connectivity index (χ1) is 6.22. The lowest BCUT2D eigenvalue weighted by molar-refractivity contribution is 0.529. The fourth-order valence-corrected chi connectivity index (χ4v) is 1.05. The Kier molecular flexibility index (Phi) is 4.19. The zero-order valence-electron chi connectivity index (χ0n) is 8.05. The van der Waals surface area contributed by atoms with Crippen LogP contribution in [0.2, 0.25) is 5.02 Å². The van der Waals surface area contributed by atoms with Crippen molar-refractivity contribution in [3.8, 4) is 0 Å². The third kappa shape index (κ3) is 3.75. The van der Waals surface area contributed by atoms with Crippen molar-refractivity contribution in [2.45, 2.75) is 32.9 Å². The summed E-state index contributed by atoms with van der Waals surface area (Å²) < 4.78 is 0. The van der Waals surface area contributed by atoms with Gasteiger partial charge in [0.2, 0.25) is 0 Å². The third-order valence-corrected chi connectivity index (χ3v) is 2.26. The highest BCUT2D eigenvalue weighted by atomic mass is 35.5. The molecule has 0 amide bonds. The molecule has 0 aliphatic rings. The van der Waals surface area contributed by atoms with Gasteiger partial charge in [-0.05, 0) is 25.5 Å². The van der Waals surface area contributed by atoms with Gasteiger partial charge in [0, 0.05) is 18.8 Å². The summed E-state index contributed by atoms with van der Waals surface area (Å²) in [5.41, 5.74) is 1.03. The van der Waals surface area contributed by atoms with E-state index < -0.39 is 0 Å². The van der Waals surface area contributed by atoms with Crippen LogP contribution >= 0.6 is 11.6 Å². The molecule has 13 heavy (non-hydrogen) atoms. The highest BCUT2D eigenvalue weighted by Crippen LogP contribution is 2.06. The molecule has 0 fully saturated rings. The second-order valence-corrected chi connectivity index (χ2v) is 3.59. The summed E-state index contributed by atoms with van der Waals surface area (Å²) in [5, 5.41) is 4.05. The molecule has 3 heteroatoms. The van der Waals surface area contributed by atoms with Crippen molar-refractivity contribution in [3.63, 3.8) is 0 Å². The van der Waals surface area contributed by atoms with Crippen LogP contribution in [0.15, 0.2) is 18.3 Å². The van der Waals surface area contributed by atoms with Gasteiger partial charge in [-0.25, -0.2) is 0 Å². The summed E-state index contributed by atoms with van der Waals surface area (Å²) >= 11 is 5.72. The summed E-state index contributed by atoms with van der Waals surface area (Å²) in [7, 11) is 0.